The molecule has 1 fully saturated rings. The second-order valence-corrected chi connectivity index (χ2v) is 7.11. The minimum atomic E-state index is -0.952. The Morgan fingerprint density at radius 3 is 2.74 bits per heavy atom. The molecule has 0 spiro atoms. The standard InChI is InChI=1S/C20H20N2O4S/c1-4-26-19(24)14(3)22-18(23)17(27-20(22)25)12-16-9-6-10-21(16)15-8-5-7-13(2)11-15/h5-12,14H,4H2,1-3H3/b17-12-/t14-/m0/s1. The van der Waals surface area contributed by atoms with Gasteiger partial charge in [0.2, 0.25) is 0 Å². The first-order chi connectivity index (χ1) is 12.9. The summed E-state index contributed by atoms with van der Waals surface area (Å²) in [5.41, 5.74) is 2.86. The highest BCUT2D eigenvalue weighted by Gasteiger charge is 2.41. The highest BCUT2D eigenvalue weighted by atomic mass is 32.2. The van der Waals surface area contributed by atoms with Crippen molar-refractivity contribution >= 4 is 35.0 Å². The Morgan fingerprint density at radius 1 is 1.26 bits per heavy atom. The lowest BCUT2D eigenvalue weighted by Gasteiger charge is -2.19. The van der Waals surface area contributed by atoms with E-state index in [1.165, 1.54) is 6.92 Å². The van der Waals surface area contributed by atoms with E-state index in [0.29, 0.717) is 0 Å². The predicted octanol–water partition coefficient (Wildman–Crippen LogP) is 3.77. The molecule has 1 aromatic heterocycles. The van der Waals surface area contributed by atoms with Crippen molar-refractivity contribution < 1.29 is 19.1 Å². The van der Waals surface area contributed by atoms with Crippen molar-refractivity contribution in [2.45, 2.75) is 26.8 Å². The van der Waals surface area contributed by atoms with Crippen molar-refractivity contribution in [2.24, 2.45) is 0 Å². The third-order valence-corrected chi connectivity index (χ3v) is 5.06. The number of esters is 1. The summed E-state index contributed by atoms with van der Waals surface area (Å²) < 4.78 is 6.86. The quantitative estimate of drug-likeness (QED) is 0.580. The van der Waals surface area contributed by atoms with Gasteiger partial charge in [0.15, 0.2) is 0 Å². The summed E-state index contributed by atoms with van der Waals surface area (Å²) in [5.74, 6) is -1.08. The van der Waals surface area contributed by atoms with Crippen LogP contribution in [0.15, 0.2) is 47.5 Å². The fourth-order valence-corrected chi connectivity index (χ4v) is 3.73. The summed E-state index contributed by atoms with van der Waals surface area (Å²) in [6.07, 6.45) is 3.57. The van der Waals surface area contributed by atoms with Crippen molar-refractivity contribution in [1.29, 1.82) is 0 Å². The molecule has 2 amide bonds. The summed E-state index contributed by atoms with van der Waals surface area (Å²) >= 11 is 0.828. The number of hydrogen-bond acceptors (Lipinski definition) is 5. The number of nitrogens with zero attached hydrogens (tertiary/aromatic N) is 2. The van der Waals surface area contributed by atoms with Gasteiger partial charge in [-0.3, -0.25) is 14.5 Å². The molecule has 2 aromatic rings. The number of aromatic nitrogens is 1. The van der Waals surface area contributed by atoms with E-state index in [9.17, 15) is 14.4 Å². The van der Waals surface area contributed by atoms with Gasteiger partial charge in [-0.15, -0.1) is 0 Å². The Morgan fingerprint density at radius 2 is 2.04 bits per heavy atom. The van der Waals surface area contributed by atoms with Crippen molar-refractivity contribution in [2.75, 3.05) is 6.61 Å². The summed E-state index contributed by atoms with van der Waals surface area (Å²) in [6.45, 7) is 5.37. The van der Waals surface area contributed by atoms with Crippen LogP contribution >= 0.6 is 11.8 Å². The van der Waals surface area contributed by atoms with E-state index in [1.807, 2.05) is 54.1 Å². The van der Waals surface area contributed by atoms with Gasteiger partial charge in [-0.1, -0.05) is 12.1 Å². The molecule has 0 unspecified atom stereocenters. The topological polar surface area (TPSA) is 68.6 Å². The molecule has 140 valence electrons. The zero-order valence-electron chi connectivity index (χ0n) is 15.3. The first kappa shape index (κ1) is 19.0. The molecule has 1 aliphatic rings. The van der Waals surface area contributed by atoms with Crippen LogP contribution in [0, 0.1) is 6.92 Å². The molecule has 0 aliphatic carbocycles. The Balaban J connectivity index is 1.89. The first-order valence-corrected chi connectivity index (χ1v) is 9.42. The molecule has 1 aromatic carbocycles. The van der Waals surface area contributed by atoms with Crippen LogP contribution in [0.3, 0.4) is 0 Å². The largest absolute Gasteiger partial charge is 0.464 e. The van der Waals surface area contributed by atoms with Crippen LogP contribution < -0.4 is 0 Å². The van der Waals surface area contributed by atoms with Crippen LogP contribution in [0.25, 0.3) is 11.8 Å². The molecular formula is C20H20N2O4S. The fraction of sp³-hybridized carbons (Fsp3) is 0.250. The van der Waals surface area contributed by atoms with Gasteiger partial charge in [-0.25, -0.2) is 4.79 Å². The maximum Gasteiger partial charge on any atom is 0.329 e. The smallest absolute Gasteiger partial charge is 0.329 e. The molecule has 3 rings (SSSR count). The van der Waals surface area contributed by atoms with E-state index in [4.69, 9.17) is 4.74 Å². The molecule has 27 heavy (non-hydrogen) atoms. The number of ether oxygens (including phenoxy) is 1. The molecule has 0 bridgehead atoms. The molecule has 6 nitrogen and oxygen atoms in total. The minimum absolute atomic E-state index is 0.194. The lowest BCUT2D eigenvalue weighted by Crippen LogP contribution is -2.42. The number of aryl methyl sites for hydroxylation is 1. The average molecular weight is 384 g/mol. The van der Waals surface area contributed by atoms with Crippen LogP contribution in [-0.4, -0.2) is 39.2 Å². The highest BCUT2D eigenvalue weighted by Crippen LogP contribution is 2.34. The van der Waals surface area contributed by atoms with E-state index >= 15 is 0 Å². The van der Waals surface area contributed by atoms with Gasteiger partial charge >= 0.3 is 5.97 Å². The Hall–Kier alpha value is -2.80. The number of rotatable bonds is 5. The monoisotopic (exact) mass is 384 g/mol. The van der Waals surface area contributed by atoms with Crippen LogP contribution in [0.2, 0.25) is 0 Å². The second kappa shape index (κ2) is 7.84. The Labute approximate surface area is 161 Å². The van der Waals surface area contributed by atoms with Crippen molar-refractivity contribution in [3.8, 4) is 5.69 Å². The molecule has 1 atom stereocenters. The molecule has 0 saturated carbocycles. The molecular weight excluding hydrogens is 364 g/mol. The van der Waals surface area contributed by atoms with E-state index in [-0.39, 0.29) is 11.5 Å². The van der Waals surface area contributed by atoms with Gasteiger partial charge in [0.05, 0.1) is 11.5 Å². The van der Waals surface area contributed by atoms with Crippen molar-refractivity contribution in [1.82, 2.24) is 9.47 Å². The summed E-state index contributed by atoms with van der Waals surface area (Å²) in [5, 5.41) is -0.472. The summed E-state index contributed by atoms with van der Waals surface area (Å²) in [6, 6.07) is 10.8. The van der Waals surface area contributed by atoms with Gasteiger partial charge < -0.3 is 9.30 Å². The van der Waals surface area contributed by atoms with Crippen LogP contribution in [0.1, 0.15) is 25.1 Å². The SMILES string of the molecule is CCOC(=O)[C@H](C)N1C(=O)S/C(=C\c2cccn2-c2cccc(C)c2)C1=O. The zero-order valence-corrected chi connectivity index (χ0v) is 16.2. The number of benzene rings is 1. The maximum atomic E-state index is 12.7. The fourth-order valence-electron chi connectivity index (χ4n) is 2.84. The lowest BCUT2D eigenvalue weighted by atomic mass is 10.2. The van der Waals surface area contributed by atoms with Gasteiger partial charge in [0.1, 0.15) is 6.04 Å². The normalized spacial score (nSPS) is 16.9. The van der Waals surface area contributed by atoms with Gasteiger partial charge in [0.25, 0.3) is 11.1 Å². The molecule has 0 N–H and O–H groups in total. The first-order valence-electron chi connectivity index (χ1n) is 8.60. The number of imide groups is 1. The lowest BCUT2D eigenvalue weighted by molar-refractivity contribution is -0.150. The number of amides is 2. The van der Waals surface area contributed by atoms with E-state index in [0.717, 1.165) is 33.6 Å². The Kier molecular flexibility index (Phi) is 5.51. The van der Waals surface area contributed by atoms with Crippen LogP contribution in [0.5, 0.6) is 0 Å². The molecule has 0 radical (unpaired) electrons. The third-order valence-electron chi connectivity index (χ3n) is 4.18. The predicted molar refractivity (Wildman–Crippen MR) is 104 cm³/mol. The number of carbonyl (C=O) groups excluding carboxylic acids is 3. The van der Waals surface area contributed by atoms with Crippen LogP contribution in [-0.2, 0) is 14.3 Å². The van der Waals surface area contributed by atoms with E-state index in [2.05, 4.69) is 0 Å². The second-order valence-electron chi connectivity index (χ2n) is 6.12. The molecule has 1 saturated heterocycles. The summed E-state index contributed by atoms with van der Waals surface area (Å²) in [7, 11) is 0. The zero-order chi connectivity index (χ0) is 19.6. The molecule has 1 aliphatic heterocycles. The van der Waals surface area contributed by atoms with Crippen molar-refractivity contribution in [3.05, 3.63) is 58.8 Å². The van der Waals surface area contributed by atoms with Crippen LogP contribution in [0.4, 0.5) is 4.79 Å². The van der Waals surface area contributed by atoms with Gasteiger partial charge in [0, 0.05) is 17.6 Å². The number of carbonyl (C=O) groups is 3. The third kappa shape index (κ3) is 3.83. The van der Waals surface area contributed by atoms with E-state index < -0.39 is 23.2 Å². The van der Waals surface area contributed by atoms with E-state index in [1.54, 1.807) is 13.0 Å². The van der Waals surface area contributed by atoms with Gasteiger partial charge in [-0.2, -0.15) is 0 Å². The average Bonchev–Trinajstić information content (AvgIpc) is 3.19. The minimum Gasteiger partial charge on any atom is -0.464 e. The maximum absolute atomic E-state index is 12.7. The number of thioether (sulfide) groups is 1. The molecule has 7 heteroatoms. The summed E-state index contributed by atoms with van der Waals surface area (Å²) in [4.78, 5) is 38.1. The number of hydrogen-bond donors (Lipinski definition) is 0. The Bertz CT molecular complexity index is 932. The molecule has 2 heterocycles. The van der Waals surface area contributed by atoms with Crippen molar-refractivity contribution in [3.63, 3.8) is 0 Å². The van der Waals surface area contributed by atoms with Gasteiger partial charge in [-0.05, 0) is 68.4 Å². The highest BCUT2D eigenvalue weighted by molar-refractivity contribution is 8.18.